The summed E-state index contributed by atoms with van der Waals surface area (Å²) in [6.45, 7) is 5.41. The van der Waals surface area contributed by atoms with E-state index in [0.717, 1.165) is 43.1 Å². The second-order valence-corrected chi connectivity index (χ2v) is 10.4. The Morgan fingerprint density at radius 1 is 1.22 bits per heavy atom. The van der Waals surface area contributed by atoms with E-state index < -0.39 is 18.3 Å². The molecule has 190 valence electrons. The van der Waals surface area contributed by atoms with Crippen molar-refractivity contribution in [2.24, 2.45) is 11.3 Å². The van der Waals surface area contributed by atoms with E-state index in [1.54, 1.807) is 16.8 Å². The summed E-state index contributed by atoms with van der Waals surface area (Å²) in [5, 5.41) is 11.3. The molecule has 9 nitrogen and oxygen atoms in total. The van der Waals surface area contributed by atoms with Crippen molar-refractivity contribution >= 4 is 22.8 Å². The number of aromatic nitrogens is 4. The van der Waals surface area contributed by atoms with Crippen LogP contribution in [0.3, 0.4) is 0 Å². The monoisotopic (exact) mass is 506 g/mol. The minimum Gasteiger partial charge on any atom is -0.380 e. The first-order valence-corrected chi connectivity index (χ1v) is 12.2. The van der Waals surface area contributed by atoms with Crippen molar-refractivity contribution in [3.05, 3.63) is 59.7 Å². The van der Waals surface area contributed by atoms with E-state index in [0.29, 0.717) is 29.1 Å². The molecule has 1 spiro atoms. The fourth-order valence-corrected chi connectivity index (χ4v) is 5.23. The van der Waals surface area contributed by atoms with Crippen LogP contribution in [0.5, 0.6) is 0 Å². The Morgan fingerprint density at radius 2 is 2.05 bits per heavy atom. The number of carbonyl (C=O) groups is 1. The Kier molecular flexibility index (Phi) is 4.87. The number of anilines is 2. The highest BCUT2D eigenvalue weighted by molar-refractivity contribution is 6.09. The summed E-state index contributed by atoms with van der Waals surface area (Å²) in [5.74, 6) is -0.870. The summed E-state index contributed by atoms with van der Waals surface area (Å²) in [4.78, 5) is 19.9. The molecule has 2 saturated heterocycles. The predicted molar refractivity (Wildman–Crippen MR) is 130 cm³/mol. The highest BCUT2D eigenvalue weighted by atomic mass is 19.3. The summed E-state index contributed by atoms with van der Waals surface area (Å²) < 4.78 is 38.1. The SMILES string of the molecule is Cc1ccc(-c2noc([C@H]3C[C@H]3C(F)F)n2)cc1NC(=O)c1cnn2ccc(N3CC4(COC4)C3)cc12. The molecule has 0 bridgehead atoms. The molecule has 1 saturated carbocycles. The standard InChI is InChI=1S/C26H24F2N6O3/c1-14-2-3-15(23-31-25(37-32-23)18-8-17(18)22(27)28)6-20(14)30-24(35)19-9-29-34-5-4-16(7-21(19)34)33-10-26(11-33)12-36-13-26/h2-7,9,17-18,22H,8,10-13H2,1H3,(H,30,35)/t17-,18+/m1/s1. The molecular formula is C26H24F2N6O3. The van der Waals surface area contributed by atoms with E-state index in [4.69, 9.17) is 9.26 Å². The number of pyridine rings is 1. The molecule has 3 aromatic heterocycles. The highest BCUT2D eigenvalue weighted by Gasteiger charge is 2.49. The number of aryl methyl sites for hydroxylation is 1. The molecule has 1 amide bonds. The van der Waals surface area contributed by atoms with Gasteiger partial charge in [-0.15, -0.1) is 0 Å². The van der Waals surface area contributed by atoms with Crippen LogP contribution in [0.25, 0.3) is 16.9 Å². The maximum atomic E-state index is 13.3. The Balaban J connectivity index is 1.11. The topological polar surface area (TPSA) is 97.8 Å². The van der Waals surface area contributed by atoms with E-state index >= 15 is 0 Å². The number of nitrogens with one attached hydrogen (secondary N) is 1. The molecule has 37 heavy (non-hydrogen) atoms. The first-order chi connectivity index (χ1) is 17.9. The summed E-state index contributed by atoms with van der Waals surface area (Å²) >= 11 is 0. The van der Waals surface area contributed by atoms with Crippen molar-refractivity contribution in [3.63, 3.8) is 0 Å². The third-order valence-electron chi connectivity index (χ3n) is 7.65. The average Bonchev–Trinajstić information content (AvgIpc) is 3.28. The lowest BCUT2D eigenvalue weighted by Gasteiger charge is -2.56. The number of hydrogen-bond donors (Lipinski definition) is 1. The van der Waals surface area contributed by atoms with Crippen molar-refractivity contribution in [1.29, 1.82) is 0 Å². The molecule has 0 radical (unpaired) electrons. The summed E-state index contributed by atoms with van der Waals surface area (Å²) in [6, 6.07) is 9.41. The van der Waals surface area contributed by atoms with Crippen molar-refractivity contribution in [3.8, 4) is 11.4 Å². The predicted octanol–water partition coefficient (Wildman–Crippen LogP) is 4.15. The van der Waals surface area contributed by atoms with E-state index in [1.165, 1.54) is 0 Å². The van der Waals surface area contributed by atoms with Crippen LogP contribution in [-0.4, -0.2) is 58.4 Å². The molecule has 4 aromatic rings. The van der Waals surface area contributed by atoms with Gasteiger partial charge in [0.2, 0.25) is 18.1 Å². The van der Waals surface area contributed by atoms with Gasteiger partial charge in [-0.1, -0.05) is 17.3 Å². The van der Waals surface area contributed by atoms with Gasteiger partial charge < -0.3 is 19.5 Å². The highest BCUT2D eigenvalue weighted by Crippen LogP contribution is 2.50. The number of hydrogen-bond acceptors (Lipinski definition) is 7. The smallest absolute Gasteiger partial charge is 0.259 e. The molecule has 0 unspecified atom stereocenters. The Hall–Kier alpha value is -3.86. The summed E-state index contributed by atoms with van der Waals surface area (Å²) in [7, 11) is 0. The molecule has 3 aliphatic rings. The maximum absolute atomic E-state index is 13.3. The van der Waals surface area contributed by atoms with E-state index in [9.17, 15) is 13.6 Å². The van der Waals surface area contributed by atoms with Gasteiger partial charge in [0.25, 0.3) is 5.91 Å². The molecule has 2 atom stereocenters. The fraction of sp³-hybridized carbons (Fsp3) is 0.385. The van der Waals surface area contributed by atoms with Crippen molar-refractivity contribution in [1.82, 2.24) is 19.8 Å². The number of ether oxygens (including phenoxy) is 1. The Bertz CT molecular complexity index is 1520. The first-order valence-electron chi connectivity index (χ1n) is 12.2. The second-order valence-electron chi connectivity index (χ2n) is 10.4. The molecule has 5 heterocycles. The molecule has 3 fully saturated rings. The molecule has 1 aromatic carbocycles. The van der Waals surface area contributed by atoms with Crippen LogP contribution in [0.4, 0.5) is 20.2 Å². The van der Waals surface area contributed by atoms with Gasteiger partial charge in [0.1, 0.15) is 0 Å². The van der Waals surface area contributed by atoms with E-state index in [2.05, 4.69) is 25.5 Å². The Labute approximate surface area is 210 Å². The zero-order chi connectivity index (χ0) is 25.3. The molecule has 11 heteroatoms. The zero-order valence-corrected chi connectivity index (χ0v) is 20.0. The van der Waals surface area contributed by atoms with Gasteiger partial charge in [-0.25, -0.2) is 13.3 Å². The van der Waals surface area contributed by atoms with E-state index in [1.807, 2.05) is 37.4 Å². The van der Waals surface area contributed by atoms with E-state index in [-0.39, 0.29) is 17.2 Å². The lowest BCUT2D eigenvalue weighted by Crippen LogP contribution is -2.66. The maximum Gasteiger partial charge on any atom is 0.259 e. The van der Waals surface area contributed by atoms with Crippen molar-refractivity contribution in [2.45, 2.75) is 25.7 Å². The third-order valence-corrected chi connectivity index (χ3v) is 7.65. The lowest BCUT2D eigenvalue weighted by molar-refractivity contribution is -0.127. The van der Waals surface area contributed by atoms with Gasteiger partial charge in [-0.3, -0.25) is 4.79 Å². The molecule has 7 rings (SSSR count). The number of amides is 1. The van der Waals surface area contributed by atoms with Crippen LogP contribution in [0.1, 0.15) is 34.2 Å². The van der Waals surface area contributed by atoms with Crippen molar-refractivity contribution in [2.75, 3.05) is 36.5 Å². The van der Waals surface area contributed by atoms with Gasteiger partial charge >= 0.3 is 0 Å². The minimum absolute atomic E-state index is 0.228. The summed E-state index contributed by atoms with van der Waals surface area (Å²) in [5.41, 5.74) is 4.59. The third kappa shape index (κ3) is 3.76. The molecule has 1 N–H and O–H groups in total. The first kappa shape index (κ1) is 22.3. The van der Waals surface area contributed by atoms with Crippen LogP contribution in [0.2, 0.25) is 0 Å². The fourth-order valence-electron chi connectivity index (χ4n) is 5.23. The van der Waals surface area contributed by atoms with Crippen LogP contribution in [0, 0.1) is 18.3 Å². The quantitative estimate of drug-likeness (QED) is 0.420. The number of rotatable bonds is 6. The Morgan fingerprint density at radius 3 is 2.78 bits per heavy atom. The van der Waals surface area contributed by atoms with Gasteiger partial charge in [-0.2, -0.15) is 10.1 Å². The molecule has 2 aliphatic heterocycles. The normalized spacial score (nSPS) is 21.8. The van der Waals surface area contributed by atoms with Crippen LogP contribution < -0.4 is 10.2 Å². The molecular weight excluding hydrogens is 482 g/mol. The van der Waals surface area contributed by atoms with Gasteiger partial charge in [-0.05, 0) is 37.1 Å². The number of benzene rings is 1. The van der Waals surface area contributed by atoms with Crippen LogP contribution in [0.15, 0.2) is 47.2 Å². The van der Waals surface area contributed by atoms with Gasteiger partial charge in [0.15, 0.2) is 0 Å². The lowest BCUT2D eigenvalue weighted by atomic mass is 9.78. The summed E-state index contributed by atoms with van der Waals surface area (Å²) in [6.07, 6.45) is 1.38. The average molecular weight is 507 g/mol. The van der Waals surface area contributed by atoms with Crippen LogP contribution >= 0.6 is 0 Å². The largest absolute Gasteiger partial charge is 0.380 e. The number of fused-ring (bicyclic) bond motifs is 1. The zero-order valence-electron chi connectivity index (χ0n) is 20.0. The van der Waals surface area contributed by atoms with Crippen LogP contribution in [-0.2, 0) is 4.74 Å². The second kappa shape index (κ2) is 8.07. The number of carbonyl (C=O) groups excluding carboxylic acids is 1. The number of halogens is 2. The van der Waals surface area contributed by atoms with Gasteiger partial charge in [0.05, 0.1) is 35.9 Å². The molecule has 1 aliphatic carbocycles. The number of alkyl halides is 2. The van der Waals surface area contributed by atoms with Crippen molar-refractivity contribution < 1.29 is 22.8 Å². The van der Waals surface area contributed by atoms with Gasteiger partial charge in [0, 0.05) is 48.1 Å². The number of nitrogens with zero attached hydrogens (tertiary/aromatic N) is 5. The minimum atomic E-state index is -2.39.